The number of benzene rings is 2. The van der Waals surface area contributed by atoms with E-state index in [0.29, 0.717) is 0 Å². The number of anilines is 1. The van der Waals surface area contributed by atoms with E-state index < -0.39 is 0 Å². The van der Waals surface area contributed by atoms with Gasteiger partial charge in [0.25, 0.3) is 0 Å². The molecule has 0 fully saturated rings. The Bertz CT molecular complexity index is 602. The maximum absolute atomic E-state index is 13.1. The van der Waals surface area contributed by atoms with Crippen LogP contribution >= 0.6 is 22.6 Å². The quantitative estimate of drug-likeness (QED) is 0.831. The number of para-hydroxylation sites is 1. The number of nitrogens with one attached hydrogen (secondary N) is 1. The van der Waals surface area contributed by atoms with Crippen molar-refractivity contribution in [3.8, 4) is 5.75 Å². The summed E-state index contributed by atoms with van der Waals surface area (Å²) in [6.07, 6.45) is 0.816. The predicted molar refractivity (Wildman–Crippen MR) is 82.2 cm³/mol. The fourth-order valence-corrected chi connectivity index (χ4v) is 2.81. The first-order valence-electron chi connectivity index (χ1n) is 6.16. The first kappa shape index (κ1) is 12.7. The molecule has 1 aliphatic rings. The van der Waals surface area contributed by atoms with Gasteiger partial charge >= 0.3 is 0 Å². The number of ether oxygens (including phenoxy) is 1. The van der Waals surface area contributed by atoms with E-state index in [4.69, 9.17) is 4.74 Å². The molecule has 3 rings (SSSR count). The van der Waals surface area contributed by atoms with Crippen molar-refractivity contribution in [1.29, 1.82) is 0 Å². The van der Waals surface area contributed by atoms with E-state index in [1.165, 1.54) is 9.64 Å². The zero-order valence-electron chi connectivity index (χ0n) is 10.2. The number of rotatable bonds is 3. The molecule has 1 atom stereocenters. The average Bonchev–Trinajstić information content (AvgIpc) is 2.79. The van der Waals surface area contributed by atoms with E-state index in [-0.39, 0.29) is 11.9 Å². The first-order chi connectivity index (χ1) is 9.22. The van der Waals surface area contributed by atoms with Crippen molar-refractivity contribution in [3.63, 3.8) is 0 Å². The number of hydrogen-bond donors (Lipinski definition) is 1. The van der Waals surface area contributed by atoms with E-state index in [0.717, 1.165) is 30.0 Å². The lowest BCUT2D eigenvalue weighted by Gasteiger charge is -2.13. The van der Waals surface area contributed by atoms with E-state index in [2.05, 4.69) is 34.0 Å². The maximum Gasteiger partial charge on any atom is 0.123 e. The van der Waals surface area contributed by atoms with Crippen LogP contribution in [0, 0.1) is 9.39 Å². The van der Waals surface area contributed by atoms with Crippen LogP contribution in [0.5, 0.6) is 5.75 Å². The predicted octanol–water partition coefficient (Wildman–Crippen LogP) is 3.85. The molecule has 2 nitrogen and oxygen atoms in total. The van der Waals surface area contributed by atoms with E-state index in [1.807, 2.05) is 18.2 Å². The van der Waals surface area contributed by atoms with Gasteiger partial charge in [0, 0.05) is 21.2 Å². The van der Waals surface area contributed by atoms with Crippen LogP contribution in [0.3, 0.4) is 0 Å². The monoisotopic (exact) mass is 369 g/mol. The van der Waals surface area contributed by atoms with Crippen LogP contribution in [-0.4, -0.2) is 12.6 Å². The summed E-state index contributed by atoms with van der Waals surface area (Å²) in [6, 6.07) is 12.8. The van der Waals surface area contributed by atoms with Crippen molar-refractivity contribution in [2.45, 2.75) is 12.5 Å². The van der Waals surface area contributed by atoms with Crippen LogP contribution in [-0.2, 0) is 6.42 Å². The highest BCUT2D eigenvalue weighted by Crippen LogP contribution is 2.29. The Morgan fingerprint density at radius 2 is 2.11 bits per heavy atom. The summed E-state index contributed by atoms with van der Waals surface area (Å²) in [5.41, 5.74) is 2.06. The average molecular weight is 369 g/mol. The van der Waals surface area contributed by atoms with Gasteiger partial charge < -0.3 is 10.1 Å². The highest BCUT2D eigenvalue weighted by atomic mass is 127. The highest BCUT2D eigenvalue weighted by molar-refractivity contribution is 14.1. The lowest BCUT2D eigenvalue weighted by atomic mass is 10.1. The van der Waals surface area contributed by atoms with Crippen molar-refractivity contribution in [3.05, 3.63) is 57.4 Å². The van der Waals surface area contributed by atoms with E-state index >= 15 is 0 Å². The number of hydrogen-bond acceptors (Lipinski definition) is 2. The molecule has 0 saturated heterocycles. The highest BCUT2D eigenvalue weighted by Gasteiger charge is 2.23. The number of halogens is 2. The molecule has 0 aromatic heterocycles. The Morgan fingerprint density at radius 3 is 2.95 bits per heavy atom. The third-order valence-electron chi connectivity index (χ3n) is 3.16. The normalized spacial score (nSPS) is 16.8. The largest absolute Gasteiger partial charge is 0.488 e. The Morgan fingerprint density at radius 1 is 1.26 bits per heavy atom. The molecule has 2 aromatic rings. The van der Waals surface area contributed by atoms with Crippen LogP contribution in [0.4, 0.5) is 10.1 Å². The summed E-state index contributed by atoms with van der Waals surface area (Å²) in [7, 11) is 0. The fourth-order valence-electron chi connectivity index (χ4n) is 2.23. The standard InChI is InChI=1S/C15H13FINO/c16-11-5-6-15-10(7-11)8-12(19-15)9-18-14-4-2-1-3-13(14)17/h1-7,12,18H,8-9H2. The molecule has 98 valence electrons. The molecule has 2 aromatic carbocycles. The second kappa shape index (κ2) is 5.36. The zero-order valence-corrected chi connectivity index (χ0v) is 12.4. The molecule has 1 N–H and O–H groups in total. The molecule has 0 amide bonds. The van der Waals surface area contributed by atoms with Gasteiger partial charge in [0.2, 0.25) is 0 Å². The summed E-state index contributed by atoms with van der Waals surface area (Å²) in [5, 5.41) is 3.38. The zero-order chi connectivity index (χ0) is 13.2. The van der Waals surface area contributed by atoms with Crippen LogP contribution in [0.1, 0.15) is 5.56 Å². The second-order valence-electron chi connectivity index (χ2n) is 4.56. The summed E-state index contributed by atoms with van der Waals surface area (Å²) >= 11 is 2.30. The van der Waals surface area contributed by atoms with Crippen LogP contribution in [0.15, 0.2) is 42.5 Å². The van der Waals surface area contributed by atoms with Gasteiger partial charge in [-0.2, -0.15) is 0 Å². The molecule has 0 saturated carbocycles. The van der Waals surface area contributed by atoms with Gasteiger partial charge in [-0.1, -0.05) is 12.1 Å². The maximum atomic E-state index is 13.1. The lowest BCUT2D eigenvalue weighted by molar-refractivity contribution is 0.246. The molecular weight excluding hydrogens is 356 g/mol. The molecule has 1 aliphatic heterocycles. The lowest BCUT2D eigenvalue weighted by Crippen LogP contribution is -2.24. The second-order valence-corrected chi connectivity index (χ2v) is 5.72. The molecule has 19 heavy (non-hydrogen) atoms. The SMILES string of the molecule is Fc1ccc2c(c1)CC(CNc1ccccc1I)O2. The third kappa shape index (κ3) is 2.83. The van der Waals surface area contributed by atoms with Crippen molar-refractivity contribution in [2.75, 3.05) is 11.9 Å². The summed E-state index contributed by atoms with van der Waals surface area (Å²) in [4.78, 5) is 0. The Labute approximate surface area is 125 Å². The van der Waals surface area contributed by atoms with Gasteiger partial charge in [0.1, 0.15) is 17.7 Å². The third-order valence-corrected chi connectivity index (χ3v) is 4.10. The fraction of sp³-hybridized carbons (Fsp3) is 0.200. The summed E-state index contributed by atoms with van der Waals surface area (Å²) in [5.74, 6) is 0.601. The van der Waals surface area contributed by atoms with Gasteiger partial charge in [0.15, 0.2) is 0 Å². The molecule has 4 heteroatoms. The van der Waals surface area contributed by atoms with Crippen LogP contribution in [0.25, 0.3) is 0 Å². The van der Waals surface area contributed by atoms with E-state index in [9.17, 15) is 4.39 Å². The number of fused-ring (bicyclic) bond motifs is 1. The van der Waals surface area contributed by atoms with E-state index in [1.54, 1.807) is 12.1 Å². The van der Waals surface area contributed by atoms with Gasteiger partial charge in [-0.3, -0.25) is 0 Å². The van der Waals surface area contributed by atoms with Crippen LogP contribution in [0.2, 0.25) is 0 Å². The minimum Gasteiger partial charge on any atom is -0.488 e. The summed E-state index contributed by atoms with van der Waals surface area (Å²) in [6.45, 7) is 0.719. The van der Waals surface area contributed by atoms with Crippen molar-refractivity contribution in [2.24, 2.45) is 0 Å². The van der Waals surface area contributed by atoms with Crippen molar-refractivity contribution < 1.29 is 9.13 Å². The molecule has 1 heterocycles. The molecule has 0 bridgehead atoms. The van der Waals surface area contributed by atoms with Gasteiger partial charge in [-0.05, 0) is 52.9 Å². The minimum absolute atomic E-state index is 0.0628. The summed E-state index contributed by atoms with van der Waals surface area (Å²) < 4.78 is 20.1. The van der Waals surface area contributed by atoms with Crippen LogP contribution < -0.4 is 10.1 Å². The Kier molecular flexibility index (Phi) is 3.59. The molecule has 0 spiro atoms. The van der Waals surface area contributed by atoms with Gasteiger partial charge in [0.05, 0.1) is 6.54 Å². The smallest absolute Gasteiger partial charge is 0.123 e. The Balaban J connectivity index is 1.63. The molecule has 0 aliphatic carbocycles. The van der Waals surface area contributed by atoms with Gasteiger partial charge in [-0.25, -0.2) is 4.39 Å². The topological polar surface area (TPSA) is 21.3 Å². The molecule has 0 radical (unpaired) electrons. The molecular formula is C15H13FINO. The van der Waals surface area contributed by atoms with Crippen molar-refractivity contribution >= 4 is 28.3 Å². The Hall–Kier alpha value is -1.30. The minimum atomic E-state index is -0.200. The first-order valence-corrected chi connectivity index (χ1v) is 7.24. The molecule has 1 unspecified atom stereocenters. The van der Waals surface area contributed by atoms with Crippen molar-refractivity contribution in [1.82, 2.24) is 0 Å². The van der Waals surface area contributed by atoms with Gasteiger partial charge in [-0.15, -0.1) is 0 Å².